The van der Waals surface area contributed by atoms with E-state index in [2.05, 4.69) is 68.4 Å². The standard InChI is InChI=1S/C22H21O2P.B/c1-14-10-17-18-12-19(23-3)20(24-4)13-22(18)25(21(17)11-15(14)2)16-8-6-5-7-9-16;/h5-13H,1-4H3;. The fourth-order valence-electron chi connectivity index (χ4n) is 3.46. The number of ether oxygens (including phenoxy) is 2. The molecule has 26 heavy (non-hydrogen) atoms. The first-order valence-electron chi connectivity index (χ1n) is 8.37. The summed E-state index contributed by atoms with van der Waals surface area (Å²) in [5, 5.41) is 6.74. The monoisotopic (exact) mass is 359 g/mol. The van der Waals surface area contributed by atoms with Crippen LogP contribution >= 0.6 is 7.53 Å². The van der Waals surface area contributed by atoms with Gasteiger partial charge in [0.15, 0.2) is 11.5 Å². The lowest BCUT2D eigenvalue weighted by atomic mass is 10.1. The van der Waals surface area contributed by atoms with Gasteiger partial charge in [0.2, 0.25) is 0 Å². The second-order valence-electron chi connectivity index (χ2n) is 6.35. The maximum absolute atomic E-state index is 5.58. The molecule has 4 heteroatoms. The largest absolute Gasteiger partial charge is 0.493 e. The zero-order chi connectivity index (χ0) is 17.6. The fraction of sp³-hybridized carbons (Fsp3) is 0.182. The highest BCUT2D eigenvalue weighted by molar-refractivity contribution is 7.67. The number of rotatable bonds is 3. The van der Waals surface area contributed by atoms with Gasteiger partial charge in [0.1, 0.15) is 0 Å². The van der Waals surface area contributed by atoms with Crippen LogP contribution in [0.3, 0.4) is 0 Å². The minimum absolute atomic E-state index is 0. The summed E-state index contributed by atoms with van der Waals surface area (Å²) >= 11 is 0. The summed E-state index contributed by atoms with van der Waals surface area (Å²) in [7, 11) is 2.82. The molecule has 1 heterocycles. The lowest BCUT2D eigenvalue weighted by Crippen LogP contribution is -1.89. The van der Waals surface area contributed by atoms with Crippen molar-refractivity contribution < 1.29 is 9.47 Å². The summed E-state index contributed by atoms with van der Waals surface area (Å²) in [6, 6.07) is 19.8. The molecule has 0 N–H and O–H groups in total. The van der Waals surface area contributed by atoms with E-state index in [0.29, 0.717) is 0 Å². The molecule has 0 amide bonds. The summed E-state index contributed by atoms with van der Waals surface area (Å²) in [5.74, 6) is 1.58. The lowest BCUT2D eigenvalue weighted by Gasteiger charge is -2.09. The van der Waals surface area contributed by atoms with Crippen LogP contribution < -0.4 is 9.47 Å². The van der Waals surface area contributed by atoms with Gasteiger partial charge in [-0.15, -0.1) is 0 Å². The first-order chi connectivity index (χ1) is 12.1. The van der Waals surface area contributed by atoms with Crippen molar-refractivity contribution in [2.75, 3.05) is 14.2 Å². The topological polar surface area (TPSA) is 18.5 Å². The predicted octanol–water partition coefficient (Wildman–Crippen LogP) is 6.22. The molecule has 0 bridgehead atoms. The van der Waals surface area contributed by atoms with E-state index < -0.39 is 7.53 Å². The van der Waals surface area contributed by atoms with Crippen LogP contribution in [0.1, 0.15) is 11.1 Å². The van der Waals surface area contributed by atoms with E-state index in [1.165, 1.54) is 37.4 Å². The van der Waals surface area contributed by atoms with Gasteiger partial charge in [0.05, 0.1) is 14.2 Å². The number of aryl methyl sites for hydroxylation is 2. The molecule has 0 saturated carbocycles. The molecule has 4 rings (SSSR count). The van der Waals surface area contributed by atoms with Crippen molar-refractivity contribution in [3.05, 3.63) is 65.7 Å². The average Bonchev–Trinajstić information content (AvgIpc) is 2.94. The Balaban J connectivity index is 0.00000196. The third kappa shape index (κ3) is 2.77. The number of hydrogen-bond donors (Lipinski definition) is 0. The van der Waals surface area contributed by atoms with Crippen LogP contribution in [0.5, 0.6) is 11.5 Å². The highest BCUT2D eigenvalue weighted by Gasteiger charge is 2.17. The lowest BCUT2D eigenvalue weighted by molar-refractivity contribution is 0.356. The Kier molecular flexibility index (Phi) is 5.02. The maximum Gasteiger partial charge on any atom is 0.161 e. The first-order valence-corrected chi connectivity index (χ1v) is 9.71. The Morgan fingerprint density at radius 1 is 0.692 bits per heavy atom. The number of fused-ring (bicyclic) bond motifs is 3. The van der Waals surface area contributed by atoms with Crippen LogP contribution in [0.2, 0.25) is 0 Å². The Labute approximate surface area is 157 Å². The fourth-order valence-corrected chi connectivity index (χ4v) is 6.16. The minimum atomic E-state index is -0.575. The second-order valence-corrected chi connectivity index (χ2v) is 8.50. The van der Waals surface area contributed by atoms with E-state index in [4.69, 9.17) is 9.47 Å². The third-order valence-electron chi connectivity index (χ3n) is 4.90. The summed E-state index contributed by atoms with van der Waals surface area (Å²) in [5.41, 5.74) is 2.67. The van der Waals surface area contributed by atoms with Crippen LogP contribution in [0.4, 0.5) is 0 Å². The number of methoxy groups -OCH3 is 2. The maximum atomic E-state index is 5.58. The zero-order valence-electron chi connectivity index (χ0n) is 15.5. The molecule has 0 fully saturated rings. The van der Waals surface area contributed by atoms with E-state index in [1.807, 2.05) is 0 Å². The van der Waals surface area contributed by atoms with Crippen LogP contribution in [0.25, 0.3) is 26.3 Å². The molecule has 0 aliphatic carbocycles. The van der Waals surface area contributed by atoms with Gasteiger partial charge in [0.25, 0.3) is 0 Å². The molecule has 3 aromatic carbocycles. The molecule has 0 saturated heterocycles. The minimum Gasteiger partial charge on any atom is -0.493 e. The van der Waals surface area contributed by atoms with Gasteiger partial charge >= 0.3 is 0 Å². The second kappa shape index (κ2) is 7.09. The highest BCUT2D eigenvalue weighted by Crippen LogP contribution is 2.57. The van der Waals surface area contributed by atoms with E-state index in [9.17, 15) is 0 Å². The van der Waals surface area contributed by atoms with Crippen LogP contribution in [-0.4, -0.2) is 22.6 Å². The highest BCUT2D eigenvalue weighted by atomic mass is 31.1. The molecule has 0 spiro atoms. The Hall–Kier alpha value is -2.38. The molecule has 1 unspecified atom stereocenters. The molecule has 0 aliphatic heterocycles. The van der Waals surface area contributed by atoms with Gasteiger partial charge in [-0.05, 0) is 59.3 Å². The molecule has 3 radical (unpaired) electrons. The van der Waals surface area contributed by atoms with Crippen LogP contribution in [0, 0.1) is 13.8 Å². The Bertz CT molecular complexity index is 1080. The van der Waals surface area contributed by atoms with E-state index in [0.717, 1.165) is 11.5 Å². The molecular weight excluding hydrogens is 338 g/mol. The smallest absolute Gasteiger partial charge is 0.161 e. The molecule has 4 aromatic rings. The van der Waals surface area contributed by atoms with Gasteiger partial charge < -0.3 is 9.47 Å². The van der Waals surface area contributed by atoms with Crippen molar-refractivity contribution in [3.63, 3.8) is 0 Å². The Morgan fingerprint density at radius 2 is 1.23 bits per heavy atom. The van der Waals surface area contributed by atoms with Crippen molar-refractivity contribution in [1.29, 1.82) is 0 Å². The first kappa shape index (κ1) is 18.4. The SMILES string of the molecule is COc1cc2c3cc(C)c(C)cc3p(-c3ccccc3)c2cc1OC.[B]. The predicted molar refractivity (Wildman–Crippen MR) is 114 cm³/mol. The van der Waals surface area contributed by atoms with Crippen molar-refractivity contribution >= 4 is 37.0 Å². The summed E-state index contributed by atoms with van der Waals surface area (Å²) in [6.07, 6.45) is 0. The average molecular weight is 359 g/mol. The number of hydrogen-bond acceptors (Lipinski definition) is 2. The van der Waals surface area contributed by atoms with Crippen molar-refractivity contribution in [2.45, 2.75) is 13.8 Å². The van der Waals surface area contributed by atoms with E-state index in [-0.39, 0.29) is 8.41 Å². The molecule has 1 atom stereocenters. The molecular formula is C22H21BO2P. The van der Waals surface area contributed by atoms with Crippen molar-refractivity contribution in [1.82, 2.24) is 0 Å². The van der Waals surface area contributed by atoms with Gasteiger partial charge in [-0.2, -0.15) is 0 Å². The van der Waals surface area contributed by atoms with Gasteiger partial charge in [-0.3, -0.25) is 0 Å². The molecule has 129 valence electrons. The van der Waals surface area contributed by atoms with Crippen LogP contribution in [0.15, 0.2) is 54.6 Å². The molecule has 1 aromatic heterocycles. The summed E-state index contributed by atoms with van der Waals surface area (Å²) in [4.78, 5) is 0. The van der Waals surface area contributed by atoms with Gasteiger partial charge in [-0.25, -0.2) is 0 Å². The van der Waals surface area contributed by atoms with Gasteiger partial charge in [-0.1, -0.05) is 43.9 Å². The summed E-state index contributed by atoms with van der Waals surface area (Å²) in [6.45, 7) is 4.37. The number of benzene rings is 3. The van der Waals surface area contributed by atoms with E-state index in [1.54, 1.807) is 14.2 Å². The Morgan fingerprint density at radius 3 is 1.88 bits per heavy atom. The summed E-state index contributed by atoms with van der Waals surface area (Å²) < 4.78 is 11.1. The third-order valence-corrected chi connectivity index (χ3v) is 7.42. The van der Waals surface area contributed by atoms with Gasteiger partial charge in [0, 0.05) is 18.6 Å². The molecule has 0 aliphatic rings. The van der Waals surface area contributed by atoms with Crippen molar-refractivity contribution in [3.8, 4) is 16.8 Å². The van der Waals surface area contributed by atoms with Crippen molar-refractivity contribution in [2.24, 2.45) is 0 Å². The van der Waals surface area contributed by atoms with Crippen LogP contribution in [-0.2, 0) is 0 Å². The van der Waals surface area contributed by atoms with E-state index >= 15 is 0 Å². The quantitative estimate of drug-likeness (QED) is 0.404. The normalized spacial score (nSPS) is 11.5. The zero-order valence-corrected chi connectivity index (χ0v) is 16.4. The molecule has 2 nitrogen and oxygen atoms in total.